The van der Waals surface area contributed by atoms with E-state index in [1.165, 1.54) is 7.11 Å². The maximum atomic E-state index is 12.2. The maximum absolute atomic E-state index is 12.2. The fourth-order valence-electron chi connectivity index (χ4n) is 1.80. The number of carbonyl (C=O) groups is 2. The second kappa shape index (κ2) is 4.91. The first kappa shape index (κ1) is 13.8. The second-order valence-corrected chi connectivity index (χ2v) is 3.76. The average Bonchev–Trinajstić information content (AvgIpc) is 2.25. The molecule has 1 heterocycles. The number of rotatable bonds is 2. The maximum Gasteiger partial charge on any atom is 0.471 e. The van der Waals surface area contributed by atoms with E-state index in [0.717, 1.165) is 0 Å². The quantitative estimate of drug-likeness (QED) is 0.780. The summed E-state index contributed by atoms with van der Waals surface area (Å²) in [6, 6.07) is 0. The number of amides is 1. The molecule has 1 rings (SSSR count). The van der Waals surface area contributed by atoms with Crippen LogP contribution in [0.5, 0.6) is 0 Å². The highest BCUT2D eigenvalue weighted by molar-refractivity contribution is 5.82. The lowest BCUT2D eigenvalue weighted by Crippen LogP contribution is -2.52. The van der Waals surface area contributed by atoms with Crippen molar-refractivity contribution >= 4 is 11.9 Å². The molecule has 1 fully saturated rings. The van der Waals surface area contributed by atoms with Crippen LogP contribution in [0.15, 0.2) is 0 Å². The van der Waals surface area contributed by atoms with Crippen molar-refractivity contribution in [2.75, 3.05) is 20.2 Å². The molecule has 0 radical (unpaired) electrons. The molecule has 98 valence electrons. The SMILES string of the molecule is COC1CN(C(=O)C(F)(F)F)CCC1C(=O)O. The van der Waals surface area contributed by atoms with Crippen molar-refractivity contribution in [3.63, 3.8) is 0 Å². The summed E-state index contributed by atoms with van der Waals surface area (Å²) < 4.78 is 41.3. The van der Waals surface area contributed by atoms with Crippen LogP contribution in [0.4, 0.5) is 13.2 Å². The summed E-state index contributed by atoms with van der Waals surface area (Å²) in [6.07, 6.45) is -5.89. The van der Waals surface area contributed by atoms with Crippen molar-refractivity contribution in [2.45, 2.75) is 18.7 Å². The smallest absolute Gasteiger partial charge is 0.471 e. The van der Waals surface area contributed by atoms with Crippen molar-refractivity contribution in [3.05, 3.63) is 0 Å². The summed E-state index contributed by atoms with van der Waals surface area (Å²) in [4.78, 5) is 22.3. The Hall–Kier alpha value is -1.31. The highest BCUT2D eigenvalue weighted by atomic mass is 19.4. The standard InChI is InChI=1S/C9H12F3NO4/c1-17-6-4-13(8(16)9(10,11)12)3-2-5(6)7(14)15/h5-6H,2-4H2,1H3,(H,14,15). The van der Waals surface area contributed by atoms with E-state index in [2.05, 4.69) is 0 Å². The number of hydrogen-bond acceptors (Lipinski definition) is 3. The van der Waals surface area contributed by atoms with Gasteiger partial charge in [0.05, 0.1) is 12.0 Å². The van der Waals surface area contributed by atoms with Gasteiger partial charge in [-0.05, 0) is 6.42 Å². The molecular weight excluding hydrogens is 243 g/mol. The van der Waals surface area contributed by atoms with Crippen LogP contribution in [0, 0.1) is 5.92 Å². The fourth-order valence-corrected chi connectivity index (χ4v) is 1.80. The summed E-state index contributed by atoms with van der Waals surface area (Å²) in [6.45, 7) is -0.582. The van der Waals surface area contributed by atoms with Crippen LogP contribution in [-0.4, -0.2) is 54.4 Å². The number of aliphatic carboxylic acids is 1. The van der Waals surface area contributed by atoms with Crippen LogP contribution < -0.4 is 0 Å². The number of carboxylic acids is 1. The van der Waals surface area contributed by atoms with E-state index < -0.39 is 30.1 Å². The Balaban J connectivity index is 2.72. The van der Waals surface area contributed by atoms with Crippen LogP contribution in [0.1, 0.15) is 6.42 Å². The zero-order valence-corrected chi connectivity index (χ0v) is 9.03. The molecule has 2 atom stereocenters. The second-order valence-electron chi connectivity index (χ2n) is 3.76. The lowest BCUT2D eigenvalue weighted by molar-refractivity contribution is -0.190. The molecule has 17 heavy (non-hydrogen) atoms. The molecular formula is C9H12F3NO4. The molecule has 5 nitrogen and oxygen atoms in total. The van der Waals surface area contributed by atoms with Crippen LogP contribution in [0.25, 0.3) is 0 Å². The van der Waals surface area contributed by atoms with Gasteiger partial charge in [0.15, 0.2) is 0 Å². The predicted octanol–water partition coefficient (Wildman–Crippen LogP) is 0.497. The van der Waals surface area contributed by atoms with Gasteiger partial charge in [-0.15, -0.1) is 0 Å². The number of carbonyl (C=O) groups excluding carboxylic acids is 1. The van der Waals surface area contributed by atoms with Gasteiger partial charge >= 0.3 is 18.1 Å². The van der Waals surface area contributed by atoms with E-state index >= 15 is 0 Å². The summed E-state index contributed by atoms with van der Waals surface area (Å²) in [7, 11) is 1.21. The molecule has 8 heteroatoms. The first-order chi connectivity index (χ1) is 7.77. The molecule has 0 saturated carbocycles. The Kier molecular flexibility index (Phi) is 3.97. The van der Waals surface area contributed by atoms with Gasteiger partial charge < -0.3 is 14.7 Å². The van der Waals surface area contributed by atoms with E-state index in [0.29, 0.717) is 4.90 Å². The summed E-state index contributed by atoms with van der Waals surface area (Å²) in [5.41, 5.74) is 0. The van der Waals surface area contributed by atoms with Crippen molar-refractivity contribution in [3.8, 4) is 0 Å². The highest BCUT2D eigenvalue weighted by Gasteiger charge is 2.46. The number of ether oxygens (including phenoxy) is 1. The van der Waals surface area contributed by atoms with Crippen LogP contribution in [-0.2, 0) is 14.3 Å². The fraction of sp³-hybridized carbons (Fsp3) is 0.778. The molecule has 0 spiro atoms. The van der Waals surface area contributed by atoms with E-state index in [9.17, 15) is 22.8 Å². The Bertz CT molecular complexity index is 318. The molecule has 0 aliphatic carbocycles. The number of halogens is 3. The zero-order chi connectivity index (χ0) is 13.2. The third-order valence-corrected chi connectivity index (χ3v) is 2.71. The largest absolute Gasteiger partial charge is 0.481 e. The molecule has 1 aliphatic rings. The van der Waals surface area contributed by atoms with Crippen molar-refractivity contribution in [1.29, 1.82) is 0 Å². The Morgan fingerprint density at radius 1 is 1.41 bits per heavy atom. The molecule has 0 aromatic heterocycles. The number of methoxy groups -OCH3 is 1. The molecule has 1 aliphatic heterocycles. The molecule has 2 unspecified atom stereocenters. The number of alkyl halides is 3. The van der Waals surface area contributed by atoms with Gasteiger partial charge in [-0.25, -0.2) is 0 Å². The van der Waals surface area contributed by atoms with Gasteiger partial charge in [0.25, 0.3) is 0 Å². The van der Waals surface area contributed by atoms with Gasteiger partial charge in [-0.1, -0.05) is 0 Å². The average molecular weight is 255 g/mol. The Morgan fingerprint density at radius 3 is 2.41 bits per heavy atom. The minimum Gasteiger partial charge on any atom is -0.481 e. The number of likely N-dealkylation sites (tertiary alicyclic amines) is 1. The molecule has 0 bridgehead atoms. The Morgan fingerprint density at radius 2 is 2.00 bits per heavy atom. The lowest BCUT2D eigenvalue weighted by atomic mass is 9.94. The van der Waals surface area contributed by atoms with Gasteiger partial charge in [0.2, 0.25) is 0 Å². The minimum atomic E-state index is -4.94. The van der Waals surface area contributed by atoms with Crippen LogP contribution >= 0.6 is 0 Å². The van der Waals surface area contributed by atoms with E-state index in [1.54, 1.807) is 0 Å². The third-order valence-electron chi connectivity index (χ3n) is 2.71. The third kappa shape index (κ3) is 3.09. The predicted molar refractivity (Wildman–Crippen MR) is 49.2 cm³/mol. The van der Waals surface area contributed by atoms with E-state index in [-0.39, 0.29) is 19.5 Å². The van der Waals surface area contributed by atoms with Gasteiger partial charge in [-0.2, -0.15) is 13.2 Å². The van der Waals surface area contributed by atoms with Gasteiger partial charge in [0.1, 0.15) is 0 Å². The molecule has 0 aromatic rings. The van der Waals surface area contributed by atoms with Crippen molar-refractivity contribution < 1.29 is 32.6 Å². The number of carboxylic acid groups (broad SMARTS) is 1. The van der Waals surface area contributed by atoms with Gasteiger partial charge in [-0.3, -0.25) is 9.59 Å². The number of piperidine rings is 1. The molecule has 1 amide bonds. The molecule has 0 aromatic carbocycles. The summed E-state index contributed by atoms with van der Waals surface area (Å²) in [5, 5.41) is 8.82. The van der Waals surface area contributed by atoms with Crippen molar-refractivity contribution in [1.82, 2.24) is 4.90 Å². The normalized spacial score (nSPS) is 25.8. The monoisotopic (exact) mass is 255 g/mol. The van der Waals surface area contributed by atoms with Gasteiger partial charge in [0, 0.05) is 20.2 Å². The zero-order valence-electron chi connectivity index (χ0n) is 9.03. The van der Waals surface area contributed by atoms with Crippen LogP contribution in [0.3, 0.4) is 0 Å². The summed E-state index contributed by atoms with van der Waals surface area (Å²) >= 11 is 0. The molecule has 1 saturated heterocycles. The topological polar surface area (TPSA) is 66.8 Å². The van der Waals surface area contributed by atoms with Crippen LogP contribution in [0.2, 0.25) is 0 Å². The van der Waals surface area contributed by atoms with E-state index in [1.807, 2.05) is 0 Å². The number of hydrogen-bond donors (Lipinski definition) is 1. The first-order valence-electron chi connectivity index (χ1n) is 4.89. The Labute approximate surface area is 95.1 Å². The van der Waals surface area contributed by atoms with Crippen molar-refractivity contribution in [2.24, 2.45) is 5.92 Å². The molecule has 1 N–H and O–H groups in total. The van der Waals surface area contributed by atoms with E-state index in [4.69, 9.17) is 9.84 Å². The lowest BCUT2D eigenvalue weighted by Gasteiger charge is -2.35. The summed E-state index contributed by atoms with van der Waals surface area (Å²) in [5.74, 6) is -3.96. The number of nitrogens with zero attached hydrogens (tertiary/aromatic N) is 1. The highest BCUT2D eigenvalue weighted by Crippen LogP contribution is 2.25. The first-order valence-corrected chi connectivity index (χ1v) is 4.89. The minimum absolute atomic E-state index is 0.0460.